The maximum atomic E-state index is 11.9. The Bertz CT molecular complexity index is 1360. The van der Waals surface area contributed by atoms with Gasteiger partial charge in [0.1, 0.15) is 0 Å². The van der Waals surface area contributed by atoms with Crippen LogP contribution < -0.4 is 4.90 Å². The molecular formula is C26H23N5O2. The predicted octanol–water partition coefficient (Wildman–Crippen LogP) is 4.83. The van der Waals surface area contributed by atoms with E-state index >= 15 is 0 Å². The van der Waals surface area contributed by atoms with E-state index in [1.807, 2.05) is 49.4 Å². The zero-order valence-corrected chi connectivity index (χ0v) is 18.3. The van der Waals surface area contributed by atoms with Crippen LogP contribution >= 0.6 is 0 Å². The number of hydrogen-bond acceptors (Lipinski definition) is 5. The average Bonchev–Trinajstić information content (AvgIpc) is 3.20. The number of hydrogen-bond donors (Lipinski definition) is 1. The van der Waals surface area contributed by atoms with Crippen LogP contribution in [0.2, 0.25) is 0 Å². The number of rotatable bonds is 4. The van der Waals surface area contributed by atoms with E-state index in [4.69, 9.17) is 5.26 Å². The van der Waals surface area contributed by atoms with Gasteiger partial charge in [0.2, 0.25) is 0 Å². The van der Waals surface area contributed by atoms with Crippen LogP contribution in [-0.2, 0) is 0 Å². The first-order valence-corrected chi connectivity index (χ1v) is 11.0. The van der Waals surface area contributed by atoms with Crippen molar-refractivity contribution in [1.29, 1.82) is 5.26 Å². The molecule has 0 spiro atoms. The van der Waals surface area contributed by atoms with Crippen LogP contribution in [0.5, 0.6) is 0 Å². The highest BCUT2D eigenvalue weighted by Crippen LogP contribution is 2.34. The molecule has 1 aliphatic heterocycles. The molecule has 5 rings (SSSR count). The Morgan fingerprint density at radius 1 is 1.06 bits per heavy atom. The van der Waals surface area contributed by atoms with Gasteiger partial charge >= 0.3 is 5.97 Å². The number of carboxylic acids is 1. The van der Waals surface area contributed by atoms with Gasteiger partial charge in [-0.05, 0) is 61.2 Å². The number of carboxylic acid groups (broad SMARTS) is 1. The number of carbonyl (C=O) groups is 1. The summed E-state index contributed by atoms with van der Waals surface area (Å²) in [5, 5.41) is 24.4. The molecule has 1 N–H and O–H groups in total. The van der Waals surface area contributed by atoms with Crippen molar-refractivity contribution >= 4 is 22.7 Å². The molecule has 2 aromatic heterocycles. The normalized spacial score (nSPS) is 14.4. The van der Waals surface area contributed by atoms with Gasteiger partial charge in [-0.25, -0.2) is 14.5 Å². The zero-order valence-electron chi connectivity index (χ0n) is 18.3. The van der Waals surface area contributed by atoms with Crippen molar-refractivity contribution in [2.45, 2.75) is 19.8 Å². The van der Waals surface area contributed by atoms with E-state index in [1.54, 1.807) is 10.7 Å². The molecule has 0 atom stereocenters. The van der Waals surface area contributed by atoms with E-state index < -0.39 is 5.97 Å². The number of benzene rings is 2. The first kappa shape index (κ1) is 20.7. The topological polar surface area (TPSA) is 95.0 Å². The lowest BCUT2D eigenvalue weighted by atomic mass is 9.97. The van der Waals surface area contributed by atoms with E-state index in [1.165, 1.54) is 0 Å². The van der Waals surface area contributed by atoms with Crippen molar-refractivity contribution in [2.75, 3.05) is 18.0 Å². The van der Waals surface area contributed by atoms with Crippen molar-refractivity contribution in [2.24, 2.45) is 5.92 Å². The molecule has 33 heavy (non-hydrogen) atoms. The third kappa shape index (κ3) is 3.80. The quantitative estimate of drug-likeness (QED) is 0.491. The summed E-state index contributed by atoms with van der Waals surface area (Å²) in [4.78, 5) is 18.6. The largest absolute Gasteiger partial charge is 0.477 e. The number of nitrogens with zero attached hydrogens (tertiary/aromatic N) is 5. The Hall–Kier alpha value is -4.18. The first-order chi connectivity index (χ1) is 16.0. The standard InChI is InChI=1S/C26H23N5O2/c1-17-24-22(19-7-9-20(10-8-19)30-13-11-18(16-27)12-14-30)15-23(26(32)33)28-25(24)31(29-17)21-5-3-2-4-6-21/h2-10,15,18H,11-14H2,1H3,(H,32,33). The minimum atomic E-state index is -1.08. The van der Waals surface area contributed by atoms with Gasteiger partial charge in [-0.1, -0.05) is 30.3 Å². The zero-order chi connectivity index (χ0) is 22.9. The molecular weight excluding hydrogens is 414 g/mol. The van der Waals surface area contributed by atoms with Crippen molar-refractivity contribution in [3.05, 3.63) is 72.1 Å². The van der Waals surface area contributed by atoms with Crippen molar-refractivity contribution < 1.29 is 9.90 Å². The molecule has 0 saturated carbocycles. The van der Waals surface area contributed by atoms with Gasteiger partial charge in [0.25, 0.3) is 0 Å². The molecule has 3 heterocycles. The van der Waals surface area contributed by atoms with E-state index in [0.29, 0.717) is 5.65 Å². The average molecular weight is 438 g/mol. The number of para-hydroxylation sites is 1. The molecule has 0 amide bonds. The lowest BCUT2D eigenvalue weighted by Crippen LogP contribution is -2.33. The molecule has 2 aromatic carbocycles. The monoisotopic (exact) mass is 437 g/mol. The Morgan fingerprint density at radius 3 is 2.39 bits per heavy atom. The predicted molar refractivity (Wildman–Crippen MR) is 127 cm³/mol. The summed E-state index contributed by atoms with van der Waals surface area (Å²) in [6, 6.07) is 21.8. The van der Waals surface area contributed by atoms with Gasteiger partial charge in [0.15, 0.2) is 11.3 Å². The van der Waals surface area contributed by atoms with Crippen molar-refractivity contribution in [3.8, 4) is 22.9 Å². The molecule has 1 aliphatic rings. The molecule has 1 fully saturated rings. The third-order valence-electron chi connectivity index (χ3n) is 6.25. The van der Waals surface area contributed by atoms with Gasteiger partial charge in [-0.15, -0.1) is 0 Å². The maximum Gasteiger partial charge on any atom is 0.354 e. The van der Waals surface area contributed by atoms with Crippen molar-refractivity contribution in [1.82, 2.24) is 14.8 Å². The highest BCUT2D eigenvalue weighted by molar-refractivity contribution is 6.00. The second kappa shape index (κ2) is 8.40. The highest BCUT2D eigenvalue weighted by atomic mass is 16.4. The van der Waals surface area contributed by atoms with Crippen LogP contribution in [-0.4, -0.2) is 38.9 Å². The van der Waals surface area contributed by atoms with E-state index in [-0.39, 0.29) is 11.6 Å². The number of fused-ring (bicyclic) bond motifs is 1. The number of aryl methyl sites for hydroxylation is 1. The van der Waals surface area contributed by atoms with Crippen LogP contribution in [0.25, 0.3) is 27.8 Å². The van der Waals surface area contributed by atoms with Gasteiger partial charge < -0.3 is 10.0 Å². The Labute approximate surface area is 191 Å². The fourth-order valence-corrected chi connectivity index (χ4v) is 4.49. The summed E-state index contributed by atoms with van der Waals surface area (Å²) in [6.45, 7) is 3.65. The van der Waals surface area contributed by atoms with Gasteiger partial charge in [0.05, 0.1) is 22.8 Å². The fraction of sp³-hybridized carbons (Fsp3) is 0.231. The van der Waals surface area contributed by atoms with Gasteiger partial charge in [-0.2, -0.15) is 10.4 Å². The minimum absolute atomic E-state index is 0.0165. The summed E-state index contributed by atoms with van der Waals surface area (Å²) >= 11 is 0. The van der Waals surface area contributed by atoms with Crippen molar-refractivity contribution in [3.63, 3.8) is 0 Å². The van der Waals surface area contributed by atoms with E-state index in [0.717, 1.165) is 59.5 Å². The summed E-state index contributed by atoms with van der Waals surface area (Å²) in [6.07, 6.45) is 1.76. The molecule has 1 saturated heterocycles. The SMILES string of the molecule is Cc1nn(-c2ccccc2)c2nc(C(=O)O)cc(-c3ccc(N4CCC(C#N)CC4)cc3)c12. The molecule has 0 radical (unpaired) electrons. The van der Waals surface area contributed by atoms with Crippen LogP contribution in [0, 0.1) is 24.2 Å². The smallest absolute Gasteiger partial charge is 0.354 e. The second-order valence-electron chi connectivity index (χ2n) is 8.33. The lowest BCUT2D eigenvalue weighted by Gasteiger charge is -2.31. The van der Waals surface area contributed by atoms with Crippen LogP contribution in [0.3, 0.4) is 0 Å². The first-order valence-electron chi connectivity index (χ1n) is 11.0. The molecule has 164 valence electrons. The van der Waals surface area contributed by atoms with Gasteiger partial charge in [-0.3, -0.25) is 0 Å². The summed E-state index contributed by atoms with van der Waals surface area (Å²) in [5.74, 6) is -0.933. The van der Waals surface area contributed by atoms with Crippen LogP contribution in [0.15, 0.2) is 60.7 Å². The number of nitriles is 1. The summed E-state index contributed by atoms with van der Waals surface area (Å²) in [7, 11) is 0. The molecule has 0 unspecified atom stereocenters. The molecule has 7 nitrogen and oxygen atoms in total. The summed E-state index contributed by atoms with van der Waals surface area (Å²) < 4.78 is 1.70. The Morgan fingerprint density at radius 2 is 1.76 bits per heavy atom. The van der Waals surface area contributed by atoms with Crippen LogP contribution in [0.4, 0.5) is 5.69 Å². The Kier molecular flexibility index (Phi) is 5.27. The van der Waals surface area contributed by atoms with Gasteiger partial charge in [0, 0.05) is 24.7 Å². The third-order valence-corrected chi connectivity index (χ3v) is 6.25. The number of anilines is 1. The Balaban J connectivity index is 1.59. The molecule has 0 bridgehead atoms. The summed E-state index contributed by atoms with van der Waals surface area (Å²) in [5.41, 5.74) is 4.94. The van der Waals surface area contributed by atoms with E-state index in [2.05, 4.69) is 33.2 Å². The molecule has 0 aliphatic carbocycles. The van der Waals surface area contributed by atoms with E-state index in [9.17, 15) is 9.90 Å². The number of piperidine rings is 1. The fourth-order valence-electron chi connectivity index (χ4n) is 4.49. The highest BCUT2D eigenvalue weighted by Gasteiger charge is 2.21. The lowest BCUT2D eigenvalue weighted by molar-refractivity contribution is 0.0691. The number of aromatic carboxylic acids is 1. The maximum absolute atomic E-state index is 11.9. The molecule has 7 heteroatoms. The second-order valence-corrected chi connectivity index (χ2v) is 8.33. The number of pyridine rings is 1. The van der Waals surface area contributed by atoms with Crippen LogP contribution in [0.1, 0.15) is 29.0 Å². The molecule has 4 aromatic rings. The minimum Gasteiger partial charge on any atom is -0.477 e. The number of aromatic nitrogens is 3.